The summed E-state index contributed by atoms with van der Waals surface area (Å²) in [5.41, 5.74) is 1.54. The van der Waals surface area contributed by atoms with Gasteiger partial charge in [-0.3, -0.25) is 9.10 Å². The normalized spacial score (nSPS) is 15.9. The first kappa shape index (κ1) is 21.0. The molecule has 0 spiro atoms. The van der Waals surface area contributed by atoms with E-state index in [1.165, 1.54) is 4.31 Å². The number of sulfonamides is 1. The number of carbonyl (C=O) groups is 1. The van der Waals surface area contributed by atoms with Crippen LogP contribution in [0.5, 0.6) is 11.5 Å². The van der Waals surface area contributed by atoms with Gasteiger partial charge in [0.2, 0.25) is 10.0 Å². The number of ether oxygens (including phenoxy) is 2. The molecule has 0 aliphatic carbocycles. The standard InChI is InChI=1S/C21H26N2O5S/c1-3-27-18-12-6-4-9-16(18)10-8-14-22-21(24)20-15-23(29(2,25)26)17-11-5-7-13-19(17)28-20/h4-7,9,11-13,20H,3,8,10,14-15H2,1-2H3,(H,22,24)/t20-/m0/s1. The molecule has 1 N–H and O–H groups in total. The molecule has 1 aliphatic heterocycles. The second kappa shape index (κ2) is 9.17. The van der Waals surface area contributed by atoms with Gasteiger partial charge in [0.05, 0.1) is 25.1 Å². The van der Waals surface area contributed by atoms with Crippen molar-refractivity contribution in [2.24, 2.45) is 0 Å². The molecular formula is C21H26N2O5S. The first-order valence-electron chi connectivity index (χ1n) is 9.62. The van der Waals surface area contributed by atoms with Crippen molar-refractivity contribution < 1.29 is 22.7 Å². The van der Waals surface area contributed by atoms with E-state index in [0.29, 0.717) is 24.6 Å². The van der Waals surface area contributed by atoms with Gasteiger partial charge in [0.1, 0.15) is 11.5 Å². The maximum atomic E-state index is 12.6. The molecule has 0 saturated heterocycles. The monoisotopic (exact) mass is 418 g/mol. The highest BCUT2D eigenvalue weighted by molar-refractivity contribution is 7.92. The number of benzene rings is 2. The zero-order valence-electron chi connectivity index (χ0n) is 16.6. The number of carbonyl (C=O) groups excluding carboxylic acids is 1. The number of rotatable bonds is 8. The Morgan fingerprint density at radius 2 is 1.93 bits per heavy atom. The van der Waals surface area contributed by atoms with Gasteiger partial charge >= 0.3 is 0 Å². The number of para-hydroxylation sites is 3. The van der Waals surface area contributed by atoms with Crippen LogP contribution in [0.1, 0.15) is 18.9 Å². The first-order valence-corrected chi connectivity index (χ1v) is 11.5. The van der Waals surface area contributed by atoms with Crippen LogP contribution in [0.2, 0.25) is 0 Å². The van der Waals surface area contributed by atoms with Gasteiger partial charge < -0.3 is 14.8 Å². The minimum Gasteiger partial charge on any atom is -0.494 e. The van der Waals surface area contributed by atoms with E-state index in [1.807, 2.05) is 31.2 Å². The summed E-state index contributed by atoms with van der Waals surface area (Å²) in [7, 11) is -3.52. The number of nitrogens with zero attached hydrogens (tertiary/aromatic N) is 1. The van der Waals surface area contributed by atoms with Crippen LogP contribution >= 0.6 is 0 Å². The molecular weight excluding hydrogens is 392 g/mol. The van der Waals surface area contributed by atoms with Gasteiger partial charge in [-0.15, -0.1) is 0 Å². The molecule has 0 unspecified atom stereocenters. The fourth-order valence-corrected chi connectivity index (χ4v) is 4.18. The van der Waals surface area contributed by atoms with Crippen LogP contribution in [0.4, 0.5) is 5.69 Å². The van der Waals surface area contributed by atoms with Gasteiger partial charge in [-0.2, -0.15) is 0 Å². The van der Waals surface area contributed by atoms with E-state index >= 15 is 0 Å². The smallest absolute Gasteiger partial charge is 0.263 e. The average Bonchev–Trinajstić information content (AvgIpc) is 2.70. The Hall–Kier alpha value is -2.74. The van der Waals surface area contributed by atoms with Crippen LogP contribution in [0.3, 0.4) is 0 Å². The Morgan fingerprint density at radius 3 is 2.69 bits per heavy atom. The summed E-state index contributed by atoms with van der Waals surface area (Å²) < 4.78 is 36.9. The molecule has 8 heteroatoms. The third-order valence-corrected chi connectivity index (χ3v) is 5.77. The molecule has 0 bridgehead atoms. The minimum absolute atomic E-state index is 0.0468. The molecule has 3 rings (SSSR count). The van der Waals surface area contributed by atoms with E-state index in [9.17, 15) is 13.2 Å². The first-order chi connectivity index (χ1) is 13.9. The Morgan fingerprint density at radius 1 is 1.21 bits per heavy atom. The molecule has 1 aliphatic rings. The number of hydrogen-bond donors (Lipinski definition) is 1. The average molecular weight is 419 g/mol. The quantitative estimate of drug-likeness (QED) is 0.666. The summed E-state index contributed by atoms with van der Waals surface area (Å²) in [6.45, 7) is 2.96. The predicted octanol–water partition coefficient (Wildman–Crippen LogP) is 2.36. The lowest BCUT2D eigenvalue weighted by Crippen LogP contribution is -2.50. The highest BCUT2D eigenvalue weighted by atomic mass is 32.2. The molecule has 1 heterocycles. The predicted molar refractivity (Wildman–Crippen MR) is 112 cm³/mol. The second-order valence-electron chi connectivity index (χ2n) is 6.80. The molecule has 0 aromatic heterocycles. The molecule has 1 amide bonds. The van der Waals surface area contributed by atoms with Crippen LogP contribution in [-0.4, -0.2) is 46.4 Å². The third-order valence-electron chi connectivity index (χ3n) is 4.62. The lowest BCUT2D eigenvalue weighted by molar-refractivity contribution is -0.127. The highest BCUT2D eigenvalue weighted by Crippen LogP contribution is 2.34. The number of anilines is 1. The van der Waals surface area contributed by atoms with Gasteiger partial charge in [0.15, 0.2) is 6.10 Å². The molecule has 2 aromatic carbocycles. The summed E-state index contributed by atoms with van der Waals surface area (Å²) in [5, 5.41) is 2.85. The number of aryl methyl sites for hydroxylation is 1. The fraction of sp³-hybridized carbons (Fsp3) is 0.381. The second-order valence-corrected chi connectivity index (χ2v) is 8.71. The van der Waals surface area contributed by atoms with E-state index < -0.39 is 16.1 Å². The van der Waals surface area contributed by atoms with Gasteiger partial charge in [0, 0.05) is 6.54 Å². The zero-order chi connectivity index (χ0) is 20.9. The lowest BCUT2D eigenvalue weighted by atomic mass is 10.1. The number of hydrogen-bond acceptors (Lipinski definition) is 5. The topological polar surface area (TPSA) is 84.9 Å². The highest BCUT2D eigenvalue weighted by Gasteiger charge is 2.34. The summed E-state index contributed by atoms with van der Waals surface area (Å²) in [4.78, 5) is 12.6. The number of fused-ring (bicyclic) bond motifs is 1. The Bertz CT molecular complexity index is 961. The van der Waals surface area contributed by atoms with Gasteiger partial charge in [-0.25, -0.2) is 8.42 Å². The molecule has 7 nitrogen and oxygen atoms in total. The molecule has 156 valence electrons. The van der Waals surface area contributed by atoms with Crippen LogP contribution in [-0.2, 0) is 21.2 Å². The molecule has 2 aromatic rings. The van der Waals surface area contributed by atoms with Gasteiger partial charge in [-0.1, -0.05) is 30.3 Å². The van der Waals surface area contributed by atoms with Gasteiger partial charge in [-0.05, 0) is 43.5 Å². The van der Waals surface area contributed by atoms with Gasteiger partial charge in [0.25, 0.3) is 5.91 Å². The van der Waals surface area contributed by atoms with E-state index in [2.05, 4.69) is 5.32 Å². The molecule has 0 fully saturated rings. The lowest BCUT2D eigenvalue weighted by Gasteiger charge is -2.33. The van der Waals surface area contributed by atoms with Crippen LogP contribution in [0.25, 0.3) is 0 Å². The van der Waals surface area contributed by atoms with E-state index in [-0.39, 0.29) is 12.5 Å². The maximum absolute atomic E-state index is 12.6. The van der Waals surface area contributed by atoms with E-state index in [0.717, 1.165) is 30.4 Å². The van der Waals surface area contributed by atoms with Crippen LogP contribution in [0.15, 0.2) is 48.5 Å². The van der Waals surface area contributed by atoms with Crippen molar-refractivity contribution in [3.05, 3.63) is 54.1 Å². The molecule has 0 saturated carbocycles. The Balaban J connectivity index is 1.58. The number of amides is 1. The van der Waals surface area contributed by atoms with E-state index in [1.54, 1.807) is 24.3 Å². The van der Waals surface area contributed by atoms with Crippen molar-refractivity contribution in [2.45, 2.75) is 25.9 Å². The third kappa shape index (κ3) is 5.20. The van der Waals surface area contributed by atoms with Crippen LogP contribution in [0, 0.1) is 0 Å². The zero-order valence-corrected chi connectivity index (χ0v) is 17.4. The Kier molecular flexibility index (Phi) is 6.64. The summed E-state index contributed by atoms with van der Waals surface area (Å²) >= 11 is 0. The summed E-state index contributed by atoms with van der Waals surface area (Å²) in [5.74, 6) is 0.915. The number of nitrogens with one attached hydrogen (secondary N) is 1. The van der Waals surface area contributed by atoms with Crippen molar-refractivity contribution in [3.63, 3.8) is 0 Å². The van der Waals surface area contributed by atoms with Crippen molar-refractivity contribution in [1.82, 2.24) is 5.32 Å². The van der Waals surface area contributed by atoms with Crippen molar-refractivity contribution >= 4 is 21.6 Å². The molecule has 0 radical (unpaired) electrons. The minimum atomic E-state index is -3.52. The van der Waals surface area contributed by atoms with Crippen molar-refractivity contribution in [3.8, 4) is 11.5 Å². The van der Waals surface area contributed by atoms with E-state index in [4.69, 9.17) is 9.47 Å². The van der Waals surface area contributed by atoms with Crippen molar-refractivity contribution in [2.75, 3.05) is 30.3 Å². The maximum Gasteiger partial charge on any atom is 0.263 e. The summed E-state index contributed by atoms with van der Waals surface area (Å²) in [6.07, 6.45) is 1.73. The summed E-state index contributed by atoms with van der Waals surface area (Å²) in [6, 6.07) is 14.7. The molecule has 29 heavy (non-hydrogen) atoms. The van der Waals surface area contributed by atoms with Crippen molar-refractivity contribution in [1.29, 1.82) is 0 Å². The van der Waals surface area contributed by atoms with Crippen LogP contribution < -0.4 is 19.1 Å². The Labute approximate surface area is 171 Å². The SMILES string of the molecule is CCOc1ccccc1CCCNC(=O)[C@@H]1CN(S(C)(=O)=O)c2ccccc2O1. The molecule has 1 atom stereocenters. The largest absolute Gasteiger partial charge is 0.494 e. The fourth-order valence-electron chi connectivity index (χ4n) is 3.26.